The van der Waals surface area contributed by atoms with Crippen LogP contribution in [-0.2, 0) is 11.3 Å². The van der Waals surface area contributed by atoms with E-state index in [2.05, 4.69) is 9.84 Å². The van der Waals surface area contributed by atoms with Crippen LogP contribution in [0.5, 0.6) is 5.75 Å². The Balaban J connectivity index is 3.43. The number of aromatic nitrogens is 2. The maximum absolute atomic E-state index is 10.9. The Kier molecular flexibility index (Phi) is 3.36. The first-order valence-electron chi connectivity index (χ1n) is 4.31. The van der Waals surface area contributed by atoms with Gasteiger partial charge in [0.25, 0.3) is 0 Å². The average molecular weight is 244 g/mol. The van der Waals surface area contributed by atoms with E-state index in [4.69, 9.17) is 0 Å². The first kappa shape index (κ1) is 12.5. The van der Waals surface area contributed by atoms with Crippen molar-refractivity contribution in [3.8, 4) is 5.75 Å². The minimum Gasteiger partial charge on any atom is -0.483 e. The van der Waals surface area contributed by atoms with Gasteiger partial charge in [0.05, 0.1) is 7.11 Å². The molecule has 0 fully saturated rings. The van der Waals surface area contributed by atoms with Gasteiger partial charge >= 0.3 is 17.4 Å². The molecule has 1 aromatic rings. The molecule has 0 unspecified atom stereocenters. The van der Waals surface area contributed by atoms with Crippen molar-refractivity contribution in [3.63, 3.8) is 0 Å². The molecule has 0 saturated carbocycles. The topological polar surface area (TPSA) is 130 Å². The molecule has 0 aliphatic carbocycles. The largest absolute Gasteiger partial charge is 0.483 e. The smallest absolute Gasteiger partial charge is 0.462 e. The quantitative estimate of drug-likeness (QED) is 0.537. The molecule has 0 atom stereocenters. The zero-order valence-electron chi connectivity index (χ0n) is 8.95. The third-order valence-electron chi connectivity index (χ3n) is 1.79. The summed E-state index contributed by atoms with van der Waals surface area (Å²) in [5.41, 5.74) is 0. The fourth-order valence-electron chi connectivity index (χ4n) is 1.22. The van der Waals surface area contributed by atoms with Crippen LogP contribution in [-0.4, -0.2) is 32.5 Å². The molecular formula is C7H8N4O6. The Labute approximate surface area is 94.1 Å². The number of ketones is 1. The molecule has 0 aliphatic rings. The minimum absolute atomic E-state index is 0.423. The lowest BCUT2D eigenvalue weighted by atomic mass is 10.4. The highest BCUT2D eigenvalue weighted by atomic mass is 16.6. The van der Waals surface area contributed by atoms with Crippen molar-refractivity contribution in [2.24, 2.45) is 0 Å². The normalized spacial score (nSPS) is 10.0. The van der Waals surface area contributed by atoms with E-state index < -0.39 is 39.6 Å². The number of methoxy groups -OCH3 is 1. The second-order valence-electron chi connectivity index (χ2n) is 3.05. The SMILES string of the molecule is COc1c([N+](=O)[O-])nn(CC(C)=O)c1[N+](=O)[O-]. The van der Waals surface area contributed by atoms with Crippen molar-refractivity contribution in [3.05, 3.63) is 20.2 Å². The monoisotopic (exact) mass is 244 g/mol. The number of rotatable bonds is 5. The molecule has 0 spiro atoms. The Morgan fingerprint density at radius 3 is 2.35 bits per heavy atom. The summed E-state index contributed by atoms with van der Waals surface area (Å²) in [7, 11) is 1.05. The summed E-state index contributed by atoms with van der Waals surface area (Å²) >= 11 is 0. The van der Waals surface area contributed by atoms with Gasteiger partial charge in [-0.2, -0.15) is 0 Å². The summed E-state index contributed by atoms with van der Waals surface area (Å²) in [4.78, 5) is 30.4. The molecule has 10 nitrogen and oxygen atoms in total. The Hall–Kier alpha value is -2.52. The number of ether oxygens (including phenoxy) is 1. The molecular weight excluding hydrogens is 236 g/mol. The minimum atomic E-state index is -0.914. The van der Waals surface area contributed by atoms with E-state index in [0.29, 0.717) is 4.68 Å². The molecule has 10 heteroatoms. The van der Waals surface area contributed by atoms with Crippen LogP contribution in [0.2, 0.25) is 0 Å². The molecule has 0 N–H and O–H groups in total. The van der Waals surface area contributed by atoms with Crippen LogP contribution >= 0.6 is 0 Å². The number of carbonyl (C=O) groups excluding carboxylic acids is 1. The van der Waals surface area contributed by atoms with Crippen LogP contribution < -0.4 is 4.74 Å². The van der Waals surface area contributed by atoms with E-state index in [9.17, 15) is 25.0 Å². The summed E-state index contributed by atoms with van der Waals surface area (Å²) in [6, 6.07) is 0. The Morgan fingerprint density at radius 2 is 2.00 bits per heavy atom. The second-order valence-corrected chi connectivity index (χ2v) is 3.05. The number of carbonyl (C=O) groups is 1. The third kappa shape index (κ3) is 2.35. The van der Waals surface area contributed by atoms with Crippen molar-refractivity contribution in [1.29, 1.82) is 0 Å². The zero-order valence-corrected chi connectivity index (χ0v) is 8.95. The highest BCUT2D eigenvalue weighted by Crippen LogP contribution is 2.35. The lowest BCUT2D eigenvalue weighted by Gasteiger charge is -1.96. The van der Waals surface area contributed by atoms with E-state index in [1.807, 2.05) is 0 Å². The van der Waals surface area contributed by atoms with Gasteiger partial charge in [0.1, 0.15) is 0 Å². The Morgan fingerprint density at radius 1 is 1.41 bits per heavy atom. The van der Waals surface area contributed by atoms with Crippen molar-refractivity contribution >= 4 is 17.4 Å². The maximum atomic E-state index is 10.9. The summed E-state index contributed by atoms with van der Waals surface area (Å²) in [6.45, 7) is 0.754. The molecule has 0 aromatic carbocycles. The van der Waals surface area contributed by atoms with Crippen LogP contribution in [0, 0.1) is 20.2 Å². The number of hydrogen-bond acceptors (Lipinski definition) is 7. The van der Waals surface area contributed by atoms with Gasteiger partial charge < -0.3 is 25.0 Å². The second kappa shape index (κ2) is 4.55. The lowest BCUT2D eigenvalue weighted by Crippen LogP contribution is -2.11. The van der Waals surface area contributed by atoms with Crippen molar-refractivity contribution in [2.45, 2.75) is 13.5 Å². The molecule has 0 amide bonds. The molecule has 0 bridgehead atoms. The fraction of sp³-hybridized carbons (Fsp3) is 0.429. The number of nitrogens with zero attached hydrogens (tertiary/aromatic N) is 4. The first-order chi connectivity index (χ1) is 7.88. The van der Waals surface area contributed by atoms with Gasteiger partial charge in [-0.15, -0.1) is 0 Å². The van der Waals surface area contributed by atoms with Crippen molar-refractivity contribution in [2.75, 3.05) is 7.11 Å². The van der Waals surface area contributed by atoms with Gasteiger partial charge in [0, 0.05) is 0 Å². The predicted molar refractivity (Wildman–Crippen MR) is 52.8 cm³/mol. The van der Waals surface area contributed by atoms with Crippen LogP contribution in [0.1, 0.15) is 6.92 Å². The van der Waals surface area contributed by atoms with Gasteiger partial charge in [-0.1, -0.05) is 0 Å². The highest BCUT2D eigenvalue weighted by molar-refractivity contribution is 5.75. The molecule has 1 aromatic heterocycles. The zero-order chi connectivity index (χ0) is 13.2. The molecule has 92 valence electrons. The van der Waals surface area contributed by atoms with Gasteiger partial charge in [-0.25, -0.2) is 0 Å². The van der Waals surface area contributed by atoms with Crippen LogP contribution in [0.15, 0.2) is 0 Å². The van der Waals surface area contributed by atoms with Crippen molar-refractivity contribution < 1.29 is 19.4 Å². The van der Waals surface area contributed by atoms with Crippen LogP contribution in [0.3, 0.4) is 0 Å². The van der Waals surface area contributed by atoms with Gasteiger partial charge in [0.15, 0.2) is 17.4 Å². The number of hydrogen-bond donors (Lipinski definition) is 0. The lowest BCUT2D eigenvalue weighted by molar-refractivity contribution is -0.396. The van der Waals surface area contributed by atoms with E-state index in [0.717, 1.165) is 7.11 Å². The molecule has 0 aliphatic heterocycles. The molecule has 17 heavy (non-hydrogen) atoms. The van der Waals surface area contributed by atoms with Crippen LogP contribution in [0.4, 0.5) is 11.6 Å². The third-order valence-corrected chi connectivity index (χ3v) is 1.79. The van der Waals surface area contributed by atoms with E-state index in [-0.39, 0.29) is 0 Å². The summed E-state index contributed by atoms with van der Waals surface area (Å²) in [5, 5.41) is 24.7. The molecule has 0 radical (unpaired) electrons. The average Bonchev–Trinajstić information content (AvgIpc) is 2.55. The molecule has 0 saturated heterocycles. The maximum Gasteiger partial charge on any atom is 0.462 e. The van der Waals surface area contributed by atoms with E-state index in [1.165, 1.54) is 6.92 Å². The van der Waals surface area contributed by atoms with Gasteiger partial charge in [-0.3, -0.25) is 4.79 Å². The molecule has 1 rings (SSSR count). The van der Waals surface area contributed by atoms with E-state index >= 15 is 0 Å². The Bertz CT molecular complexity index is 493. The first-order valence-corrected chi connectivity index (χ1v) is 4.31. The number of Topliss-reactive ketones (excluding diaryl/α,β-unsaturated/α-hetero) is 1. The predicted octanol–water partition coefficient (Wildman–Crippen LogP) is 0.297. The summed E-state index contributed by atoms with van der Waals surface area (Å²) in [5.74, 6) is -2.50. The van der Waals surface area contributed by atoms with E-state index in [1.54, 1.807) is 0 Å². The summed E-state index contributed by atoms with van der Waals surface area (Å²) in [6.07, 6.45) is 0. The summed E-state index contributed by atoms with van der Waals surface area (Å²) < 4.78 is 5.22. The highest BCUT2D eigenvalue weighted by Gasteiger charge is 2.38. The van der Waals surface area contributed by atoms with Crippen LogP contribution in [0.25, 0.3) is 0 Å². The van der Waals surface area contributed by atoms with Gasteiger partial charge in [0.2, 0.25) is 0 Å². The number of nitro groups is 2. The fourth-order valence-corrected chi connectivity index (χ4v) is 1.22. The van der Waals surface area contributed by atoms with Crippen molar-refractivity contribution in [1.82, 2.24) is 9.78 Å². The van der Waals surface area contributed by atoms with Gasteiger partial charge in [-0.05, 0) is 21.5 Å². The molecule has 1 heterocycles. The standard InChI is InChI=1S/C7H8N4O6/c1-4(12)3-9-7(11(15)16)5(17-2)6(8-9)10(13)14/h3H2,1-2H3.